The van der Waals surface area contributed by atoms with Crippen molar-refractivity contribution in [2.75, 3.05) is 18.2 Å². The van der Waals surface area contributed by atoms with Crippen LogP contribution in [0.1, 0.15) is 25.0 Å². The van der Waals surface area contributed by atoms with Crippen molar-refractivity contribution in [3.05, 3.63) is 70.0 Å². The van der Waals surface area contributed by atoms with Crippen LogP contribution in [-0.2, 0) is 17.6 Å². The van der Waals surface area contributed by atoms with Gasteiger partial charge < -0.3 is 15.0 Å². The van der Waals surface area contributed by atoms with Crippen molar-refractivity contribution in [3.8, 4) is 17.0 Å². The number of thioether (sulfide) groups is 1. The van der Waals surface area contributed by atoms with E-state index in [-0.39, 0.29) is 17.2 Å². The normalized spacial score (nSPS) is 10.6. The first kappa shape index (κ1) is 21.6. The van der Waals surface area contributed by atoms with E-state index in [0.717, 1.165) is 41.0 Å². The first-order chi connectivity index (χ1) is 14.5. The average Bonchev–Trinajstić information content (AvgIpc) is 2.77. The van der Waals surface area contributed by atoms with Crippen LogP contribution in [0, 0.1) is 0 Å². The number of carbonyl (C=O) groups excluding carboxylic acids is 1. The zero-order chi connectivity index (χ0) is 21.5. The Morgan fingerprint density at radius 3 is 2.37 bits per heavy atom. The molecule has 0 radical (unpaired) electrons. The van der Waals surface area contributed by atoms with E-state index in [4.69, 9.17) is 4.74 Å². The highest BCUT2D eigenvalue weighted by Crippen LogP contribution is 2.24. The summed E-state index contributed by atoms with van der Waals surface area (Å²) < 4.78 is 5.16. The maximum atomic E-state index is 12.6. The number of aromatic nitrogens is 2. The van der Waals surface area contributed by atoms with Crippen molar-refractivity contribution >= 4 is 23.4 Å². The molecule has 0 saturated heterocycles. The van der Waals surface area contributed by atoms with Gasteiger partial charge in [0.25, 0.3) is 5.56 Å². The molecule has 2 N–H and O–H groups in total. The first-order valence-corrected chi connectivity index (χ1v) is 10.8. The average molecular weight is 424 g/mol. The molecule has 2 aromatic carbocycles. The van der Waals surface area contributed by atoms with Crippen molar-refractivity contribution in [1.82, 2.24) is 9.97 Å². The number of hydrogen-bond acceptors (Lipinski definition) is 5. The minimum atomic E-state index is -0.261. The van der Waals surface area contributed by atoms with E-state index in [0.29, 0.717) is 10.9 Å². The molecule has 6 nitrogen and oxygen atoms in total. The molecule has 1 heterocycles. The highest BCUT2D eigenvalue weighted by atomic mass is 32.2. The van der Waals surface area contributed by atoms with Crippen LogP contribution >= 0.6 is 11.8 Å². The number of benzene rings is 2. The Bertz CT molecular complexity index is 1060. The van der Waals surface area contributed by atoms with Crippen molar-refractivity contribution in [3.63, 3.8) is 0 Å². The molecule has 0 fully saturated rings. The lowest BCUT2D eigenvalue weighted by Crippen LogP contribution is -2.17. The summed E-state index contributed by atoms with van der Waals surface area (Å²) in [6, 6.07) is 14.8. The zero-order valence-electron chi connectivity index (χ0n) is 17.3. The SMILES string of the molecule is CCc1cccc(CC)c1NC(=O)CSc1nc(-c2ccc(OC)cc2)cc(=O)[nH]1. The number of nitrogens with one attached hydrogen (secondary N) is 2. The van der Waals surface area contributed by atoms with Gasteiger partial charge in [0.15, 0.2) is 5.16 Å². The molecule has 0 bridgehead atoms. The van der Waals surface area contributed by atoms with Gasteiger partial charge in [-0.05, 0) is 48.2 Å². The summed E-state index contributed by atoms with van der Waals surface area (Å²) in [4.78, 5) is 31.8. The number of ether oxygens (including phenoxy) is 1. The fourth-order valence-corrected chi connectivity index (χ4v) is 3.80. The Hall–Kier alpha value is -3.06. The highest BCUT2D eigenvalue weighted by Gasteiger charge is 2.12. The van der Waals surface area contributed by atoms with Gasteiger partial charge in [0.2, 0.25) is 5.91 Å². The molecular weight excluding hydrogens is 398 g/mol. The summed E-state index contributed by atoms with van der Waals surface area (Å²) in [5.74, 6) is 0.748. The fraction of sp³-hybridized carbons (Fsp3) is 0.261. The number of H-pyrrole nitrogens is 1. The first-order valence-electron chi connectivity index (χ1n) is 9.83. The Labute approximate surface area is 180 Å². The molecule has 30 heavy (non-hydrogen) atoms. The smallest absolute Gasteiger partial charge is 0.252 e. The van der Waals surface area contributed by atoms with Crippen LogP contribution in [0.15, 0.2) is 58.5 Å². The van der Waals surface area contributed by atoms with Crippen LogP contribution in [0.3, 0.4) is 0 Å². The van der Waals surface area contributed by atoms with Crippen molar-refractivity contribution < 1.29 is 9.53 Å². The Kier molecular flexibility index (Phi) is 7.30. The molecular formula is C23H25N3O3S. The van der Waals surface area contributed by atoms with Crippen molar-refractivity contribution in [2.45, 2.75) is 31.8 Å². The Morgan fingerprint density at radius 1 is 1.10 bits per heavy atom. The van der Waals surface area contributed by atoms with Crippen LogP contribution in [0.4, 0.5) is 5.69 Å². The van der Waals surface area contributed by atoms with Crippen LogP contribution in [0.25, 0.3) is 11.3 Å². The molecule has 1 amide bonds. The second-order valence-corrected chi connectivity index (χ2v) is 7.62. The molecule has 1 aromatic heterocycles. The van der Waals surface area contributed by atoms with E-state index in [1.54, 1.807) is 7.11 Å². The third-order valence-corrected chi connectivity index (χ3v) is 5.58. The van der Waals surface area contributed by atoms with Gasteiger partial charge in [-0.25, -0.2) is 4.98 Å². The van der Waals surface area contributed by atoms with E-state index in [1.807, 2.05) is 42.5 Å². The number of hydrogen-bond donors (Lipinski definition) is 2. The van der Waals surface area contributed by atoms with Crippen LogP contribution in [0.5, 0.6) is 5.75 Å². The zero-order valence-corrected chi connectivity index (χ0v) is 18.1. The lowest BCUT2D eigenvalue weighted by molar-refractivity contribution is -0.113. The standard InChI is InChI=1S/C23H25N3O3S/c1-4-15-7-6-8-16(5-2)22(15)25-21(28)14-30-23-24-19(13-20(27)26-23)17-9-11-18(29-3)12-10-17/h6-13H,4-5,14H2,1-3H3,(H,25,28)(H,24,26,27). The van der Waals surface area contributed by atoms with Crippen LogP contribution < -0.4 is 15.6 Å². The number of nitrogens with zero attached hydrogens (tertiary/aromatic N) is 1. The van der Waals surface area contributed by atoms with Crippen molar-refractivity contribution in [1.29, 1.82) is 0 Å². The monoisotopic (exact) mass is 423 g/mol. The summed E-state index contributed by atoms with van der Waals surface area (Å²) >= 11 is 1.20. The number of rotatable bonds is 8. The van der Waals surface area contributed by atoms with Crippen molar-refractivity contribution in [2.24, 2.45) is 0 Å². The molecule has 156 valence electrons. The number of para-hydroxylation sites is 1. The van der Waals surface area contributed by atoms with Gasteiger partial charge in [-0.2, -0.15) is 0 Å². The summed E-state index contributed by atoms with van der Waals surface area (Å²) in [6.45, 7) is 4.14. The van der Waals surface area contributed by atoms with Gasteiger partial charge in [0.05, 0.1) is 18.6 Å². The van der Waals surface area contributed by atoms with Gasteiger partial charge in [-0.1, -0.05) is 43.8 Å². The predicted octanol–water partition coefficient (Wildman–Crippen LogP) is 4.30. The summed E-state index contributed by atoms with van der Waals surface area (Å²) in [6.07, 6.45) is 1.69. The van der Waals surface area contributed by atoms with Crippen LogP contribution in [-0.4, -0.2) is 28.7 Å². The van der Waals surface area contributed by atoms with Gasteiger partial charge >= 0.3 is 0 Å². The molecule has 0 aliphatic heterocycles. The number of anilines is 1. The molecule has 0 unspecified atom stereocenters. The molecule has 7 heteroatoms. The highest BCUT2D eigenvalue weighted by molar-refractivity contribution is 7.99. The molecule has 0 spiro atoms. The largest absolute Gasteiger partial charge is 0.497 e. The maximum absolute atomic E-state index is 12.6. The topological polar surface area (TPSA) is 84.1 Å². The number of methoxy groups -OCH3 is 1. The number of carbonyl (C=O) groups is 1. The minimum absolute atomic E-state index is 0.131. The van der Waals surface area contributed by atoms with Gasteiger partial charge in [0, 0.05) is 17.3 Å². The molecule has 0 aliphatic rings. The van der Waals surface area contributed by atoms with Gasteiger partial charge in [-0.15, -0.1) is 0 Å². The lowest BCUT2D eigenvalue weighted by atomic mass is 10.0. The second-order valence-electron chi connectivity index (χ2n) is 6.66. The third kappa shape index (κ3) is 5.30. The van der Waals surface area contributed by atoms with E-state index in [1.165, 1.54) is 17.8 Å². The molecule has 3 aromatic rings. The van der Waals surface area contributed by atoms with Gasteiger partial charge in [0.1, 0.15) is 5.75 Å². The van der Waals surface area contributed by atoms with Crippen LogP contribution in [0.2, 0.25) is 0 Å². The molecule has 0 aliphatic carbocycles. The minimum Gasteiger partial charge on any atom is -0.497 e. The number of aryl methyl sites for hydroxylation is 2. The van der Waals surface area contributed by atoms with E-state index in [9.17, 15) is 9.59 Å². The van der Waals surface area contributed by atoms with E-state index < -0.39 is 0 Å². The summed E-state index contributed by atoms with van der Waals surface area (Å²) in [5, 5.41) is 3.44. The number of amides is 1. The number of aromatic amines is 1. The quantitative estimate of drug-likeness (QED) is 0.417. The fourth-order valence-electron chi connectivity index (χ4n) is 3.13. The predicted molar refractivity (Wildman–Crippen MR) is 121 cm³/mol. The van der Waals surface area contributed by atoms with Gasteiger partial charge in [-0.3, -0.25) is 9.59 Å². The summed E-state index contributed by atoms with van der Waals surface area (Å²) in [5.41, 5.74) is 4.21. The maximum Gasteiger partial charge on any atom is 0.252 e. The lowest BCUT2D eigenvalue weighted by Gasteiger charge is -2.14. The molecule has 0 saturated carbocycles. The Balaban J connectivity index is 1.72. The van der Waals surface area contributed by atoms with E-state index in [2.05, 4.69) is 29.1 Å². The molecule has 3 rings (SSSR count). The second kappa shape index (κ2) is 10.1. The summed E-state index contributed by atoms with van der Waals surface area (Å²) in [7, 11) is 1.60. The van der Waals surface area contributed by atoms with E-state index >= 15 is 0 Å². The Morgan fingerprint density at radius 2 is 1.77 bits per heavy atom. The third-order valence-electron chi connectivity index (χ3n) is 4.71. The molecule has 0 atom stereocenters.